The molecule has 126 valence electrons. The number of pyridine rings is 1. The Hall–Kier alpha value is -2.40. The summed E-state index contributed by atoms with van der Waals surface area (Å²) in [5.41, 5.74) is 4.02. The number of hydrogen-bond acceptors (Lipinski definition) is 3. The minimum absolute atomic E-state index is 0.0442. The maximum absolute atomic E-state index is 13.9. The highest BCUT2D eigenvalue weighted by Crippen LogP contribution is 2.52. The third-order valence-electron chi connectivity index (χ3n) is 4.46. The maximum atomic E-state index is 13.9. The molecule has 0 unspecified atom stereocenters. The van der Waals surface area contributed by atoms with Gasteiger partial charge in [-0.2, -0.15) is 0 Å². The minimum Gasteiger partial charge on any atom is -0.282 e. The summed E-state index contributed by atoms with van der Waals surface area (Å²) in [5, 5.41) is 0.566. The Morgan fingerprint density at radius 1 is 1.12 bits per heavy atom. The zero-order chi connectivity index (χ0) is 17.8. The average molecular weight is 354 g/mol. The highest BCUT2D eigenvalue weighted by atomic mass is 32.2. The summed E-state index contributed by atoms with van der Waals surface area (Å²) in [6.45, 7) is 8.49. The van der Waals surface area contributed by atoms with Crippen LogP contribution < -0.4 is 4.31 Å². The number of fused-ring (bicyclic) bond motifs is 2. The molecule has 0 aliphatic carbocycles. The molecule has 0 spiro atoms. The second-order valence-corrected chi connectivity index (χ2v) is 8.09. The molecule has 0 saturated carbocycles. The summed E-state index contributed by atoms with van der Waals surface area (Å²) in [6, 6.07) is 12.6. The van der Waals surface area contributed by atoms with Gasteiger partial charge in [0, 0.05) is 10.9 Å². The zero-order valence-electron chi connectivity index (χ0n) is 13.9. The third kappa shape index (κ3) is 2.50. The van der Waals surface area contributed by atoms with Gasteiger partial charge in [0.1, 0.15) is 5.52 Å². The minimum atomic E-state index is -0.913. The standard InChI is InChI=1S/C20H16F2N2S/c1-12-15-6-4-5-7-17(15)24(25-20(12,2)3)14-10-13-8-9-16(21)18(22)19(13)23-11-14/h4-11H,1H2,2-3H3. The van der Waals surface area contributed by atoms with Gasteiger partial charge in [-0.05, 0) is 55.6 Å². The summed E-state index contributed by atoms with van der Waals surface area (Å²) < 4.78 is 29.2. The first kappa shape index (κ1) is 16.1. The van der Waals surface area contributed by atoms with Crippen LogP contribution in [0, 0.1) is 11.6 Å². The second kappa shape index (κ2) is 5.56. The Kier molecular flexibility index (Phi) is 3.58. The number of aromatic nitrogens is 1. The van der Waals surface area contributed by atoms with Gasteiger partial charge < -0.3 is 0 Å². The molecule has 2 heterocycles. The molecule has 0 bridgehead atoms. The van der Waals surface area contributed by atoms with E-state index in [0.29, 0.717) is 5.39 Å². The molecular formula is C20H16F2N2S. The smallest absolute Gasteiger partial charge is 0.184 e. The van der Waals surface area contributed by atoms with E-state index in [1.165, 1.54) is 0 Å². The number of halogens is 2. The normalized spacial score (nSPS) is 16.2. The molecule has 2 nitrogen and oxygen atoms in total. The van der Waals surface area contributed by atoms with E-state index in [1.54, 1.807) is 24.2 Å². The zero-order valence-corrected chi connectivity index (χ0v) is 14.7. The van der Waals surface area contributed by atoms with E-state index in [0.717, 1.165) is 28.6 Å². The molecule has 4 rings (SSSR count). The molecule has 0 radical (unpaired) electrons. The first-order valence-electron chi connectivity index (χ1n) is 7.90. The van der Waals surface area contributed by atoms with Gasteiger partial charge in [-0.25, -0.2) is 8.78 Å². The van der Waals surface area contributed by atoms with Crippen LogP contribution in [0.2, 0.25) is 0 Å². The van der Waals surface area contributed by atoms with Crippen LogP contribution in [0.25, 0.3) is 16.5 Å². The van der Waals surface area contributed by atoms with Crippen LogP contribution in [0.15, 0.2) is 55.2 Å². The van der Waals surface area contributed by atoms with Crippen molar-refractivity contribution in [3.05, 3.63) is 72.4 Å². The van der Waals surface area contributed by atoms with Crippen molar-refractivity contribution < 1.29 is 8.78 Å². The van der Waals surface area contributed by atoms with Crippen molar-refractivity contribution >= 4 is 39.8 Å². The van der Waals surface area contributed by atoms with E-state index in [9.17, 15) is 8.78 Å². The number of hydrogen-bond donors (Lipinski definition) is 0. The van der Waals surface area contributed by atoms with E-state index in [-0.39, 0.29) is 10.3 Å². The molecule has 0 N–H and O–H groups in total. The summed E-state index contributed by atoms with van der Waals surface area (Å²) in [6.07, 6.45) is 1.58. The van der Waals surface area contributed by atoms with Crippen LogP contribution in [0.5, 0.6) is 0 Å². The molecule has 5 heteroatoms. The van der Waals surface area contributed by atoms with Crippen molar-refractivity contribution in [2.75, 3.05) is 4.31 Å². The number of para-hydroxylation sites is 1. The summed E-state index contributed by atoms with van der Waals surface area (Å²) >= 11 is 1.63. The molecule has 2 aromatic carbocycles. The van der Waals surface area contributed by atoms with Gasteiger partial charge >= 0.3 is 0 Å². The molecule has 0 saturated heterocycles. The molecule has 25 heavy (non-hydrogen) atoms. The van der Waals surface area contributed by atoms with E-state index in [2.05, 4.69) is 35.8 Å². The second-order valence-electron chi connectivity index (χ2n) is 6.52. The SMILES string of the molecule is C=C1c2ccccc2N(c2cnc3c(F)c(F)ccc3c2)SC1(C)C. The van der Waals surface area contributed by atoms with E-state index in [4.69, 9.17) is 0 Å². The maximum Gasteiger partial charge on any atom is 0.184 e. The monoisotopic (exact) mass is 354 g/mol. The third-order valence-corrected chi connectivity index (χ3v) is 5.75. The first-order chi connectivity index (χ1) is 11.9. The van der Waals surface area contributed by atoms with Crippen LogP contribution in [0.3, 0.4) is 0 Å². The van der Waals surface area contributed by atoms with Crippen molar-refractivity contribution in [3.63, 3.8) is 0 Å². The molecule has 1 aliphatic rings. The van der Waals surface area contributed by atoms with Gasteiger partial charge in [-0.3, -0.25) is 9.29 Å². The van der Waals surface area contributed by atoms with E-state index < -0.39 is 11.6 Å². The van der Waals surface area contributed by atoms with Crippen molar-refractivity contribution in [1.29, 1.82) is 0 Å². The average Bonchev–Trinajstić information content (AvgIpc) is 2.61. The molecule has 1 aromatic heterocycles. The fourth-order valence-electron chi connectivity index (χ4n) is 3.00. The predicted octanol–water partition coefficient (Wildman–Crippen LogP) is 6.10. The summed E-state index contributed by atoms with van der Waals surface area (Å²) in [5.74, 6) is -1.80. The molecule has 1 aliphatic heterocycles. The number of rotatable bonds is 1. The predicted molar refractivity (Wildman–Crippen MR) is 101 cm³/mol. The highest BCUT2D eigenvalue weighted by molar-refractivity contribution is 8.02. The van der Waals surface area contributed by atoms with E-state index >= 15 is 0 Å². The van der Waals surface area contributed by atoms with E-state index in [1.807, 2.05) is 24.3 Å². The molecule has 0 atom stereocenters. The van der Waals surface area contributed by atoms with Gasteiger partial charge in [0.05, 0.1) is 22.3 Å². The fraction of sp³-hybridized carbons (Fsp3) is 0.150. The number of nitrogens with zero attached hydrogens (tertiary/aromatic N) is 2. The number of benzene rings is 2. The van der Waals surface area contributed by atoms with Crippen LogP contribution in [-0.2, 0) is 0 Å². The fourth-order valence-corrected chi connectivity index (χ4v) is 4.13. The van der Waals surface area contributed by atoms with Crippen molar-refractivity contribution in [2.45, 2.75) is 18.6 Å². The van der Waals surface area contributed by atoms with Gasteiger partial charge in [0.2, 0.25) is 0 Å². The summed E-state index contributed by atoms with van der Waals surface area (Å²) in [4.78, 5) is 4.16. The van der Waals surface area contributed by atoms with Crippen LogP contribution in [-0.4, -0.2) is 9.73 Å². The molecular weight excluding hydrogens is 338 g/mol. The van der Waals surface area contributed by atoms with Crippen LogP contribution in [0.1, 0.15) is 19.4 Å². The Morgan fingerprint density at radius 3 is 2.68 bits per heavy atom. The Labute approximate surface area is 149 Å². The molecule has 3 aromatic rings. The Balaban J connectivity index is 1.89. The van der Waals surface area contributed by atoms with Crippen molar-refractivity contribution in [2.24, 2.45) is 0 Å². The van der Waals surface area contributed by atoms with Gasteiger partial charge in [0.25, 0.3) is 0 Å². The molecule has 0 amide bonds. The largest absolute Gasteiger partial charge is 0.282 e. The molecule has 0 fully saturated rings. The lowest BCUT2D eigenvalue weighted by molar-refractivity contribution is 0.515. The van der Waals surface area contributed by atoms with Crippen LogP contribution in [0.4, 0.5) is 20.2 Å². The van der Waals surface area contributed by atoms with Gasteiger partial charge in [-0.1, -0.05) is 24.8 Å². The lowest BCUT2D eigenvalue weighted by Crippen LogP contribution is -2.29. The van der Waals surface area contributed by atoms with Crippen molar-refractivity contribution in [1.82, 2.24) is 4.98 Å². The summed E-state index contributed by atoms with van der Waals surface area (Å²) in [7, 11) is 0. The first-order valence-corrected chi connectivity index (χ1v) is 8.67. The van der Waals surface area contributed by atoms with Crippen LogP contribution >= 0.6 is 11.9 Å². The number of anilines is 2. The van der Waals surface area contributed by atoms with Gasteiger partial charge in [-0.15, -0.1) is 0 Å². The van der Waals surface area contributed by atoms with Gasteiger partial charge in [0.15, 0.2) is 11.6 Å². The lowest BCUT2D eigenvalue weighted by atomic mass is 9.94. The Bertz CT molecular complexity index is 1010. The van der Waals surface area contributed by atoms with Crippen molar-refractivity contribution in [3.8, 4) is 0 Å². The Morgan fingerprint density at radius 2 is 1.88 bits per heavy atom. The quantitative estimate of drug-likeness (QED) is 0.491. The lowest BCUT2D eigenvalue weighted by Gasteiger charge is -2.40. The highest BCUT2D eigenvalue weighted by Gasteiger charge is 2.35. The topological polar surface area (TPSA) is 16.1 Å².